The van der Waals surface area contributed by atoms with Crippen LogP contribution in [0.1, 0.15) is 44.9 Å². The number of aromatic nitrogens is 2. The first-order valence-corrected chi connectivity index (χ1v) is 15.5. The lowest BCUT2D eigenvalue weighted by Crippen LogP contribution is -2.46. The number of morpholine rings is 1. The zero-order valence-electron chi connectivity index (χ0n) is 24.3. The molecule has 0 radical (unpaired) electrons. The Morgan fingerprint density at radius 3 is 2.61 bits per heavy atom. The van der Waals surface area contributed by atoms with Gasteiger partial charge >= 0.3 is 5.97 Å². The molecule has 4 heterocycles. The molecule has 2 saturated heterocycles. The van der Waals surface area contributed by atoms with Crippen LogP contribution in [0.15, 0.2) is 40.9 Å². The Morgan fingerprint density at radius 2 is 1.89 bits per heavy atom. The topological polar surface area (TPSA) is 86.1 Å². The van der Waals surface area contributed by atoms with Gasteiger partial charge in [0.25, 0.3) is 5.91 Å². The van der Waals surface area contributed by atoms with Crippen molar-refractivity contribution in [2.75, 3.05) is 32.0 Å². The third kappa shape index (κ3) is 4.55. The molecule has 0 saturated carbocycles. The highest BCUT2D eigenvalue weighted by atomic mass is 79.9. The van der Waals surface area contributed by atoms with Gasteiger partial charge < -0.3 is 28.6 Å². The van der Waals surface area contributed by atoms with E-state index in [0.717, 1.165) is 24.2 Å². The van der Waals surface area contributed by atoms with E-state index >= 15 is 4.39 Å². The number of rotatable bonds is 4. The van der Waals surface area contributed by atoms with Crippen LogP contribution in [0.3, 0.4) is 0 Å². The number of para-hydroxylation sites is 1. The quantitative estimate of drug-likeness (QED) is 0.235. The molecule has 228 valence electrons. The minimum absolute atomic E-state index is 0.0596. The summed E-state index contributed by atoms with van der Waals surface area (Å²) in [6.07, 6.45) is 1.86. The normalized spacial score (nSPS) is 19.2. The Kier molecular flexibility index (Phi) is 7.30. The predicted molar refractivity (Wildman–Crippen MR) is 167 cm³/mol. The molecule has 0 N–H and O–H groups in total. The summed E-state index contributed by atoms with van der Waals surface area (Å²) < 4.78 is 35.4. The number of aryl methyl sites for hydroxylation is 2. The number of nitrogens with zero attached hydrogens (tertiary/aromatic N) is 4. The fourth-order valence-corrected chi connectivity index (χ4v) is 7.60. The van der Waals surface area contributed by atoms with E-state index in [1.54, 1.807) is 23.1 Å². The van der Waals surface area contributed by atoms with Crippen LogP contribution in [0.5, 0.6) is 5.75 Å². The lowest BCUT2D eigenvalue weighted by molar-refractivity contribution is 0.0517. The van der Waals surface area contributed by atoms with E-state index in [1.165, 1.54) is 13.2 Å². The van der Waals surface area contributed by atoms with E-state index < -0.39 is 11.8 Å². The molecule has 7 rings (SSSR count). The monoisotopic (exact) mass is 682 g/mol. The van der Waals surface area contributed by atoms with Crippen molar-refractivity contribution in [3.8, 4) is 16.9 Å². The van der Waals surface area contributed by atoms with Crippen molar-refractivity contribution in [3.05, 3.63) is 74.2 Å². The highest BCUT2D eigenvalue weighted by Crippen LogP contribution is 2.43. The Balaban J connectivity index is 1.27. The molecule has 1 amide bonds. The molecule has 2 fully saturated rings. The Morgan fingerprint density at radius 1 is 1.14 bits per heavy atom. The number of imidazole rings is 1. The van der Waals surface area contributed by atoms with Crippen molar-refractivity contribution in [3.63, 3.8) is 0 Å². The van der Waals surface area contributed by atoms with Gasteiger partial charge in [0.05, 0.1) is 66.3 Å². The average molecular weight is 684 g/mol. The maximum Gasteiger partial charge on any atom is 0.340 e. The van der Waals surface area contributed by atoms with Crippen LogP contribution in [0, 0.1) is 12.7 Å². The number of amides is 1. The zero-order valence-corrected chi connectivity index (χ0v) is 26.7. The first-order chi connectivity index (χ1) is 21.2. The average Bonchev–Trinajstić information content (AvgIpc) is 3.45. The predicted octanol–water partition coefficient (Wildman–Crippen LogP) is 6.25. The third-order valence-corrected chi connectivity index (χ3v) is 9.80. The number of halogens is 3. The number of benzene rings is 3. The van der Waals surface area contributed by atoms with E-state index in [9.17, 15) is 9.59 Å². The maximum atomic E-state index is 15.9. The first kappa shape index (κ1) is 29.1. The number of fused-ring (bicyclic) bond motifs is 4. The molecule has 0 spiro atoms. The highest BCUT2D eigenvalue weighted by Gasteiger charge is 2.40. The molecule has 3 aromatic carbocycles. The maximum absolute atomic E-state index is 15.9. The van der Waals surface area contributed by atoms with Crippen LogP contribution >= 0.6 is 27.5 Å². The van der Waals surface area contributed by atoms with Crippen LogP contribution < -0.4 is 9.64 Å². The fourth-order valence-electron chi connectivity index (χ4n) is 6.68. The first-order valence-electron chi connectivity index (χ1n) is 14.3. The summed E-state index contributed by atoms with van der Waals surface area (Å²) in [6.45, 7) is 3.13. The highest BCUT2D eigenvalue weighted by molar-refractivity contribution is 9.10. The Bertz CT molecular complexity index is 1850. The van der Waals surface area contributed by atoms with E-state index in [4.69, 9.17) is 25.8 Å². The van der Waals surface area contributed by atoms with Crippen molar-refractivity contribution in [2.24, 2.45) is 7.05 Å². The van der Waals surface area contributed by atoms with E-state index in [0.29, 0.717) is 61.9 Å². The number of methoxy groups -OCH3 is 1. The molecule has 12 heteroatoms. The van der Waals surface area contributed by atoms with Crippen LogP contribution in [-0.4, -0.2) is 65.5 Å². The smallest absolute Gasteiger partial charge is 0.340 e. The number of hydrogen-bond acceptors (Lipinski definition) is 7. The lowest BCUT2D eigenvalue weighted by Gasteiger charge is -2.37. The number of anilines is 1. The molecule has 2 bridgehead atoms. The summed E-state index contributed by atoms with van der Waals surface area (Å²) in [5.74, 6) is -0.237. The van der Waals surface area contributed by atoms with Gasteiger partial charge in [-0.25, -0.2) is 14.2 Å². The van der Waals surface area contributed by atoms with Crippen molar-refractivity contribution < 1.29 is 28.2 Å². The second kappa shape index (κ2) is 11.0. The third-order valence-electron chi connectivity index (χ3n) is 8.90. The van der Waals surface area contributed by atoms with Crippen molar-refractivity contribution in [1.29, 1.82) is 0 Å². The second-order valence-electron chi connectivity index (χ2n) is 11.4. The molecule has 3 aliphatic heterocycles. The summed E-state index contributed by atoms with van der Waals surface area (Å²) in [5.41, 5.74) is 3.97. The summed E-state index contributed by atoms with van der Waals surface area (Å²) in [7, 11) is 3.14. The van der Waals surface area contributed by atoms with Gasteiger partial charge in [0.2, 0.25) is 0 Å². The zero-order chi connectivity index (χ0) is 30.9. The lowest BCUT2D eigenvalue weighted by atomic mass is 9.96. The summed E-state index contributed by atoms with van der Waals surface area (Å²) >= 11 is 10.1. The van der Waals surface area contributed by atoms with Crippen LogP contribution in [0.2, 0.25) is 5.02 Å². The summed E-state index contributed by atoms with van der Waals surface area (Å²) in [4.78, 5) is 35.0. The number of carbonyl (C=O) groups excluding carboxylic acids is 2. The molecule has 0 aliphatic carbocycles. The van der Waals surface area contributed by atoms with Crippen molar-refractivity contribution in [2.45, 2.75) is 38.4 Å². The van der Waals surface area contributed by atoms with Crippen LogP contribution in [0.25, 0.3) is 22.2 Å². The van der Waals surface area contributed by atoms with E-state index in [2.05, 4.69) is 25.8 Å². The van der Waals surface area contributed by atoms with Crippen molar-refractivity contribution >= 4 is 56.1 Å². The molecular formula is C32H29BrClFN4O5. The number of hydrogen-bond donors (Lipinski definition) is 0. The molecule has 3 aliphatic rings. The molecular weight excluding hydrogens is 655 g/mol. The molecule has 4 aromatic rings. The fraction of sp³-hybridized carbons (Fsp3) is 0.344. The van der Waals surface area contributed by atoms with Gasteiger partial charge in [-0.3, -0.25) is 4.79 Å². The summed E-state index contributed by atoms with van der Waals surface area (Å²) in [6, 6.07) is 10.3. The van der Waals surface area contributed by atoms with Gasteiger partial charge in [0, 0.05) is 28.2 Å². The molecule has 44 heavy (non-hydrogen) atoms. The van der Waals surface area contributed by atoms with E-state index in [-0.39, 0.29) is 36.8 Å². The molecule has 9 nitrogen and oxygen atoms in total. The SMILES string of the molecule is COC(=O)c1cc(F)c(-c2cccc3c2OCN(C(=O)c2c(Cl)cc(Br)c4nc(C)n(C)c24)C3)cc1N1C2CCC1COC2. The second-order valence-corrected chi connectivity index (χ2v) is 12.6. The number of esters is 1. The van der Waals surface area contributed by atoms with Gasteiger partial charge in [-0.15, -0.1) is 0 Å². The molecule has 2 unspecified atom stereocenters. The van der Waals surface area contributed by atoms with Gasteiger partial charge in [0.1, 0.15) is 22.9 Å². The van der Waals surface area contributed by atoms with E-state index in [1.807, 2.05) is 30.7 Å². The van der Waals surface area contributed by atoms with Gasteiger partial charge in [-0.2, -0.15) is 0 Å². The minimum atomic E-state index is -0.596. The van der Waals surface area contributed by atoms with Gasteiger partial charge in [0.15, 0.2) is 6.73 Å². The van der Waals surface area contributed by atoms with Crippen LogP contribution in [-0.2, 0) is 23.1 Å². The van der Waals surface area contributed by atoms with Crippen LogP contribution in [0.4, 0.5) is 10.1 Å². The summed E-state index contributed by atoms with van der Waals surface area (Å²) in [5, 5.41) is 0.300. The Hall–Kier alpha value is -3.67. The standard InChI is InChI=1S/C32H29BrClFN4O5/c1-16-36-28-23(33)11-24(34)27(29(28)37(16)2)31(40)38-12-17-5-4-6-20(30(17)44-15-38)21-10-26(22(9-25(21)35)32(41)42-3)39-18-7-8-19(39)14-43-13-18/h4-6,9-11,18-19H,7-8,12-15H2,1-3H3. The largest absolute Gasteiger partial charge is 0.472 e. The minimum Gasteiger partial charge on any atom is -0.472 e. The molecule has 1 aromatic heterocycles. The van der Waals surface area contributed by atoms with Crippen molar-refractivity contribution in [1.82, 2.24) is 14.5 Å². The Labute approximate surface area is 266 Å². The molecule has 2 atom stereocenters. The number of ether oxygens (including phenoxy) is 3. The number of carbonyl (C=O) groups is 2. The van der Waals surface area contributed by atoms with Gasteiger partial charge in [-0.1, -0.05) is 29.8 Å². The van der Waals surface area contributed by atoms with Gasteiger partial charge in [-0.05, 0) is 53.9 Å².